The summed E-state index contributed by atoms with van der Waals surface area (Å²) >= 11 is 0. The molecular formula is C20H24N4O2. The van der Waals surface area contributed by atoms with Crippen LogP contribution in [0.1, 0.15) is 30.6 Å². The Hall–Kier alpha value is -2.86. The fraction of sp³-hybridized carbons (Fsp3) is 0.300. The average molecular weight is 352 g/mol. The second kappa shape index (κ2) is 8.01. The molecular weight excluding hydrogens is 328 g/mol. The van der Waals surface area contributed by atoms with Gasteiger partial charge >= 0.3 is 0 Å². The van der Waals surface area contributed by atoms with Crippen LogP contribution in [0.25, 0.3) is 22.0 Å². The number of fused-ring (bicyclic) bond motifs is 1. The molecule has 6 nitrogen and oxygen atoms in total. The molecule has 0 atom stereocenters. The number of anilines is 1. The number of nitrogens with one attached hydrogen (secondary N) is 2. The van der Waals surface area contributed by atoms with E-state index in [4.69, 9.17) is 10.5 Å². The number of rotatable bonds is 7. The third kappa shape index (κ3) is 4.21. The van der Waals surface area contributed by atoms with E-state index >= 15 is 0 Å². The molecule has 0 aliphatic carbocycles. The molecule has 0 spiro atoms. The number of carbonyl (C=O) groups excluding carboxylic acids is 1. The van der Waals surface area contributed by atoms with E-state index in [2.05, 4.69) is 15.5 Å². The molecule has 0 aliphatic rings. The minimum absolute atomic E-state index is 0.0735. The van der Waals surface area contributed by atoms with Crippen LogP contribution in [0.4, 0.5) is 5.82 Å². The Bertz CT molecular complexity index is 884. The van der Waals surface area contributed by atoms with Crippen LogP contribution < -0.4 is 11.1 Å². The summed E-state index contributed by atoms with van der Waals surface area (Å²) in [7, 11) is 0. The highest BCUT2D eigenvalue weighted by Gasteiger charge is 2.08. The summed E-state index contributed by atoms with van der Waals surface area (Å²) < 4.78 is 5.46. The number of nitrogens with two attached hydrogens (primary N) is 1. The van der Waals surface area contributed by atoms with Crippen LogP contribution in [0, 0.1) is 0 Å². The van der Waals surface area contributed by atoms with Crippen molar-refractivity contribution in [1.29, 1.82) is 0 Å². The van der Waals surface area contributed by atoms with Crippen molar-refractivity contribution < 1.29 is 9.53 Å². The first-order chi connectivity index (χ1) is 12.5. The number of amides is 1. The second-order valence-electron chi connectivity index (χ2n) is 6.48. The lowest BCUT2D eigenvalue weighted by Crippen LogP contribution is -2.25. The summed E-state index contributed by atoms with van der Waals surface area (Å²) in [6.45, 7) is 5.25. The van der Waals surface area contributed by atoms with E-state index in [-0.39, 0.29) is 12.0 Å². The van der Waals surface area contributed by atoms with Gasteiger partial charge in [-0.3, -0.25) is 9.89 Å². The largest absolute Gasteiger partial charge is 0.382 e. The van der Waals surface area contributed by atoms with Crippen molar-refractivity contribution in [1.82, 2.24) is 15.5 Å². The predicted molar refractivity (Wildman–Crippen MR) is 104 cm³/mol. The van der Waals surface area contributed by atoms with Crippen molar-refractivity contribution in [3.63, 3.8) is 0 Å². The molecule has 0 unspecified atom stereocenters. The number of aromatic nitrogens is 2. The molecule has 0 radical (unpaired) electrons. The molecule has 0 saturated carbocycles. The van der Waals surface area contributed by atoms with Crippen LogP contribution in [0.5, 0.6) is 0 Å². The Morgan fingerprint density at radius 1 is 1.19 bits per heavy atom. The lowest BCUT2D eigenvalue weighted by atomic mass is 10.0. The fourth-order valence-electron chi connectivity index (χ4n) is 2.72. The molecule has 26 heavy (non-hydrogen) atoms. The molecule has 3 rings (SSSR count). The molecule has 0 aliphatic heterocycles. The number of hydrogen-bond acceptors (Lipinski definition) is 4. The zero-order chi connectivity index (χ0) is 18.5. The number of hydrogen-bond donors (Lipinski definition) is 3. The van der Waals surface area contributed by atoms with E-state index in [1.807, 2.05) is 56.3 Å². The highest BCUT2D eigenvalue weighted by Crippen LogP contribution is 2.26. The minimum atomic E-state index is -0.0735. The van der Waals surface area contributed by atoms with E-state index in [1.165, 1.54) is 0 Å². The lowest BCUT2D eigenvalue weighted by molar-refractivity contribution is 0.0757. The maximum Gasteiger partial charge on any atom is 0.251 e. The van der Waals surface area contributed by atoms with Gasteiger partial charge in [-0.25, -0.2) is 0 Å². The SMILES string of the molecule is CC(C)OCCCNC(=O)c1ccc(-c2ccc3[nH]nc(N)c3c2)cc1. The van der Waals surface area contributed by atoms with E-state index in [0.29, 0.717) is 24.5 Å². The maximum atomic E-state index is 12.2. The van der Waals surface area contributed by atoms with Crippen molar-refractivity contribution in [3.8, 4) is 11.1 Å². The third-order valence-electron chi connectivity index (χ3n) is 4.13. The molecule has 4 N–H and O–H groups in total. The van der Waals surface area contributed by atoms with Crippen molar-refractivity contribution in [3.05, 3.63) is 48.0 Å². The number of carbonyl (C=O) groups is 1. The highest BCUT2D eigenvalue weighted by atomic mass is 16.5. The van der Waals surface area contributed by atoms with Crippen LogP contribution >= 0.6 is 0 Å². The summed E-state index contributed by atoms with van der Waals surface area (Å²) in [5.74, 6) is 0.412. The molecule has 3 aromatic rings. The summed E-state index contributed by atoms with van der Waals surface area (Å²) in [4.78, 5) is 12.2. The topological polar surface area (TPSA) is 93.0 Å². The van der Waals surface area contributed by atoms with E-state index in [9.17, 15) is 4.79 Å². The summed E-state index contributed by atoms with van der Waals surface area (Å²) in [5, 5.41) is 10.7. The Morgan fingerprint density at radius 3 is 2.65 bits per heavy atom. The second-order valence-corrected chi connectivity index (χ2v) is 6.48. The Labute approximate surface area is 152 Å². The van der Waals surface area contributed by atoms with Gasteiger partial charge in [0.15, 0.2) is 5.82 Å². The number of ether oxygens (including phenoxy) is 1. The normalized spacial score (nSPS) is 11.2. The maximum absolute atomic E-state index is 12.2. The number of benzene rings is 2. The van der Waals surface area contributed by atoms with Crippen LogP contribution in [0.15, 0.2) is 42.5 Å². The van der Waals surface area contributed by atoms with Crippen molar-refractivity contribution in [2.45, 2.75) is 26.4 Å². The zero-order valence-electron chi connectivity index (χ0n) is 15.1. The van der Waals surface area contributed by atoms with Gasteiger partial charge in [-0.2, -0.15) is 5.10 Å². The van der Waals surface area contributed by atoms with E-state index in [1.54, 1.807) is 0 Å². The molecule has 1 aromatic heterocycles. The number of nitrogens with zero attached hydrogens (tertiary/aromatic N) is 1. The molecule has 0 bridgehead atoms. The average Bonchev–Trinajstić information content (AvgIpc) is 3.01. The van der Waals surface area contributed by atoms with Gasteiger partial charge in [0.2, 0.25) is 0 Å². The first kappa shape index (κ1) is 17.9. The first-order valence-corrected chi connectivity index (χ1v) is 8.78. The van der Waals surface area contributed by atoms with E-state index < -0.39 is 0 Å². The number of H-pyrrole nitrogens is 1. The summed E-state index contributed by atoms with van der Waals surface area (Å²) in [6, 6.07) is 13.5. The van der Waals surface area contributed by atoms with Crippen molar-refractivity contribution in [2.24, 2.45) is 0 Å². The molecule has 1 amide bonds. The Kier molecular flexibility index (Phi) is 5.53. The van der Waals surface area contributed by atoms with Gasteiger partial charge in [-0.15, -0.1) is 0 Å². The predicted octanol–water partition coefficient (Wildman–Crippen LogP) is 3.36. The van der Waals surface area contributed by atoms with Crippen LogP contribution in [0.3, 0.4) is 0 Å². The molecule has 0 saturated heterocycles. The molecule has 1 heterocycles. The van der Waals surface area contributed by atoms with Gasteiger partial charge in [0.05, 0.1) is 11.6 Å². The molecule has 136 valence electrons. The quantitative estimate of drug-likeness (QED) is 0.569. The van der Waals surface area contributed by atoms with Gasteiger partial charge in [0.1, 0.15) is 0 Å². The van der Waals surface area contributed by atoms with Crippen LogP contribution in [-0.2, 0) is 4.74 Å². The summed E-state index contributed by atoms with van der Waals surface area (Å²) in [5.41, 5.74) is 9.47. The standard InChI is InChI=1S/C20H24N4O2/c1-13(2)26-11-3-10-22-20(25)15-6-4-14(5-7-15)16-8-9-18-17(12-16)19(21)24-23-18/h4-9,12-13H,3,10-11H2,1-2H3,(H,22,25)(H3,21,23,24). The van der Waals surface area contributed by atoms with Crippen LogP contribution in [0.2, 0.25) is 0 Å². The minimum Gasteiger partial charge on any atom is -0.382 e. The van der Waals surface area contributed by atoms with Gasteiger partial charge in [0, 0.05) is 24.1 Å². The first-order valence-electron chi connectivity index (χ1n) is 8.78. The van der Waals surface area contributed by atoms with Gasteiger partial charge in [-0.05, 0) is 55.7 Å². The van der Waals surface area contributed by atoms with Gasteiger partial charge in [-0.1, -0.05) is 18.2 Å². The Morgan fingerprint density at radius 2 is 1.92 bits per heavy atom. The zero-order valence-corrected chi connectivity index (χ0v) is 15.1. The van der Waals surface area contributed by atoms with E-state index in [0.717, 1.165) is 28.5 Å². The van der Waals surface area contributed by atoms with Gasteiger partial charge in [0.25, 0.3) is 5.91 Å². The molecule has 0 fully saturated rings. The molecule has 6 heteroatoms. The Balaban J connectivity index is 1.62. The van der Waals surface area contributed by atoms with Crippen molar-refractivity contribution >= 4 is 22.6 Å². The smallest absolute Gasteiger partial charge is 0.251 e. The number of nitrogen functional groups attached to an aromatic ring is 1. The van der Waals surface area contributed by atoms with Crippen molar-refractivity contribution in [2.75, 3.05) is 18.9 Å². The molecule has 2 aromatic carbocycles. The fourth-order valence-corrected chi connectivity index (χ4v) is 2.72. The number of aromatic amines is 1. The van der Waals surface area contributed by atoms with Crippen LogP contribution in [-0.4, -0.2) is 35.4 Å². The monoisotopic (exact) mass is 352 g/mol. The lowest BCUT2D eigenvalue weighted by Gasteiger charge is -2.09. The highest BCUT2D eigenvalue weighted by molar-refractivity contribution is 5.95. The summed E-state index contributed by atoms with van der Waals surface area (Å²) in [6.07, 6.45) is 1.02. The third-order valence-corrected chi connectivity index (χ3v) is 4.13. The van der Waals surface area contributed by atoms with Gasteiger partial charge < -0.3 is 15.8 Å².